The van der Waals surface area contributed by atoms with E-state index in [1.54, 1.807) is 11.8 Å². The molecule has 1 aliphatic heterocycles. The van der Waals surface area contributed by atoms with Crippen LogP contribution in [0.5, 0.6) is 0 Å². The number of nitrogens with zero attached hydrogens (tertiary/aromatic N) is 2. The van der Waals surface area contributed by atoms with E-state index in [1.807, 2.05) is 6.92 Å². The molecule has 1 aromatic rings. The highest BCUT2D eigenvalue weighted by molar-refractivity contribution is 9.11. The SMILES string of the molecule is Cc1nc(CNC(=O)N2CCC(C)(C(=O)O)C2)sc1Br. The van der Waals surface area contributed by atoms with Crippen LogP contribution in [0.2, 0.25) is 0 Å². The summed E-state index contributed by atoms with van der Waals surface area (Å²) in [6.45, 7) is 4.63. The number of carbonyl (C=O) groups excluding carboxylic acids is 1. The summed E-state index contributed by atoms with van der Waals surface area (Å²) in [7, 11) is 0. The van der Waals surface area contributed by atoms with Crippen LogP contribution in [0, 0.1) is 12.3 Å². The third kappa shape index (κ3) is 3.12. The minimum Gasteiger partial charge on any atom is -0.481 e. The maximum Gasteiger partial charge on any atom is 0.317 e. The van der Waals surface area contributed by atoms with E-state index in [-0.39, 0.29) is 12.6 Å². The van der Waals surface area contributed by atoms with Crippen molar-refractivity contribution in [3.05, 3.63) is 14.5 Å². The van der Waals surface area contributed by atoms with Gasteiger partial charge in [-0.15, -0.1) is 11.3 Å². The minimum absolute atomic E-state index is 0.237. The zero-order chi connectivity index (χ0) is 14.9. The van der Waals surface area contributed by atoms with Gasteiger partial charge in [0.05, 0.1) is 21.4 Å². The molecule has 0 saturated carbocycles. The molecule has 8 heteroatoms. The molecule has 0 aromatic carbocycles. The molecule has 20 heavy (non-hydrogen) atoms. The van der Waals surface area contributed by atoms with Gasteiger partial charge in [-0.2, -0.15) is 0 Å². The fourth-order valence-electron chi connectivity index (χ4n) is 2.08. The van der Waals surface area contributed by atoms with Crippen LogP contribution in [0.4, 0.5) is 4.79 Å². The highest BCUT2D eigenvalue weighted by Crippen LogP contribution is 2.30. The molecule has 110 valence electrons. The molecule has 0 bridgehead atoms. The van der Waals surface area contributed by atoms with Crippen LogP contribution in [0.25, 0.3) is 0 Å². The summed E-state index contributed by atoms with van der Waals surface area (Å²) < 4.78 is 0.960. The van der Waals surface area contributed by atoms with Crippen LogP contribution >= 0.6 is 27.3 Å². The predicted octanol–water partition coefficient (Wildman–Crippen LogP) is 2.22. The molecule has 2 rings (SSSR count). The molecule has 1 aromatic heterocycles. The van der Waals surface area contributed by atoms with Crippen LogP contribution in [-0.4, -0.2) is 40.1 Å². The number of rotatable bonds is 3. The number of carbonyl (C=O) groups is 2. The molecule has 0 aliphatic carbocycles. The molecule has 2 heterocycles. The highest BCUT2D eigenvalue weighted by Gasteiger charge is 2.42. The van der Waals surface area contributed by atoms with E-state index in [4.69, 9.17) is 5.11 Å². The zero-order valence-corrected chi connectivity index (χ0v) is 13.7. The maximum atomic E-state index is 12.0. The van der Waals surface area contributed by atoms with Crippen LogP contribution in [0.3, 0.4) is 0 Å². The van der Waals surface area contributed by atoms with E-state index in [0.29, 0.717) is 19.5 Å². The lowest BCUT2D eigenvalue weighted by atomic mass is 9.90. The number of halogens is 1. The van der Waals surface area contributed by atoms with Gasteiger partial charge in [0.2, 0.25) is 0 Å². The Balaban J connectivity index is 1.89. The average Bonchev–Trinajstić information content (AvgIpc) is 2.92. The number of likely N-dealkylation sites (tertiary alicyclic amines) is 1. The Hall–Kier alpha value is -1.15. The summed E-state index contributed by atoms with van der Waals surface area (Å²) in [6.07, 6.45) is 0.484. The van der Waals surface area contributed by atoms with E-state index < -0.39 is 11.4 Å². The predicted molar refractivity (Wildman–Crippen MR) is 78.7 cm³/mol. The van der Waals surface area contributed by atoms with Crippen molar-refractivity contribution in [2.24, 2.45) is 5.41 Å². The standard InChI is InChI=1S/C12H16BrN3O3S/c1-7-9(13)20-8(15-7)5-14-11(19)16-4-3-12(2,6-16)10(17)18/h3-6H2,1-2H3,(H,14,19)(H,17,18). The number of hydrogen-bond donors (Lipinski definition) is 2. The van der Waals surface area contributed by atoms with E-state index >= 15 is 0 Å². The van der Waals surface area contributed by atoms with Gasteiger partial charge in [0, 0.05) is 13.1 Å². The van der Waals surface area contributed by atoms with Gasteiger partial charge >= 0.3 is 12.0 Å². The monoisotopic (exact) mass is 361 g/mol. The Labute approximate surface area is 129 Å². The molecular formula is C12H16BrN3O3S. The van der Waals surface area contributed by atoms with Crippen molar-refractivity contribution in [3.63, 3.8) is 0 Å². The zero-order valence-electron chi connectivity index (χ0n) is 11.3. The smallest absolute Gasteiger partial charge is 0.317 e. The quantitative estimate of drug-likeness (QED) is 0.864. The molecule has 1 unspecified atom stereocenters. The number of carboxylic acid groups (broad SMARTS) is 1. The number of hydrogen-bond acceptors (Lipinski definition) is 4. The molecule has 1 atom stereocenters. The first-order chi connectivity index (χ1) is 9.32. The normalized spacial score (nSPS) is 22.1. The van der Waals surface area contributed by atoms with Gasteiger partial charge < -0.3 is 15.3 Å². The minimum atomic E-state index is -0.854. The second-order valence-electron chi connectivity index (χ2n) is 5.16. The maximum absolute atomic E-state index is 12.0. The van der Waals surface area contributed by atoms with Crippen molar-refractivity contribution in [1.29, 1.82) is 0 Å². The number of urea groups is 1. The summed E-state index contributed by atoms with van der Waals surface area (Å²) >= 11 is 4.87. The summed E-state index contributed by atoms with van der Waals surface area (Å²) in [5, 5.41) is 12.7. The van der Waals surface area contributed by atoms with Crippen molar-refractivity contribution in [1.82, 2.24) is 15.2 Å². The second kappa shape index (κ2) is 5.69. The number of nitrogens with one attached hydrogen (secondary N) is 1. The first-order valence-electron chi connectivity index (χ1n) is 6.20. The first-order valence-corrected chi connectivity index (χ1v) is 7.81. The fourth-order valence-corrected chi connectivity index (χ4v) is 3.46. The van der Waals surface area contributed by atoms with Crippen LogP contribution < -0.4 is 5.32 Å². The molecule has 1 saturated heterocycles. The molecule has 2 N–H and O–H groups in total. The summed E-state index contributed by atoms with van der Waals surface area (Å²) in [4.78, 5) is 29.0. The van der Waals surface area contributed by atoms with E-state index in [9.17, 15) is 9.59 Å². The summed E-state index contributed by atoms with van der Waals surface area (Å²) in [6, 6.07) is -0.237. The van der Waals surface area contributed by atoms with Crippen molar-refractivity contribution in [2.45, 2.75) is 26.8 Å². The van der Waals surface area contributed by atoms with E-state index in [2.05, 4.69) is 26.2 Å². The number of aromatic nitrogens is 1. The Kier molecular flexibility index (Phi) is 4.33. The topological polar surface area (TPSA) is 82.5 Å². The highest BCUT2D eigenvalue weighted by atomic mass is 79.9. The van der Waals surface area contributed by atoms with E-state index in [0.717, 1.165) is 14.5 Å². The molecule has 1 fully saturated rings. The Bertz CT molecular complexity index is 529. The average molecular weight is 362 g/mol. The molecule has 0 radical (unpaired) electrons. The number of thiazole rings is 1. The first kappa shape index (κ1) is 15.2. The second-order valence-corrected chi connectivity index (χ2v) is 7.56. The van der Waals surface area contributed by atoms with Crippen LogP contribution in [0.1, 0.15) is 24.0 Å². The molecule has 1 aliphatic rings. The third-order valence-corrected chi connectivity index (χ3v) is 5.46. The number of carboxylic acids is 1. The summed E-state index contributed by atoms with van der Waals surface area (Å²) in [5.41, 5.74) is 0.0666. The number of amides is 2. The largest absolute Gasteiger partial charge is 0.481 e. The lowest BCUT2D eigenvalue weighted by Gasteiger charge is -2.20. The van der Waals surface area contributed by atoms with Gasteiger partial charge in [-0.25, -0.2) is 9.78 Å². The molecular weight excluding hydrogens is 346 g/mol. The Morgan fingerprint density at radius 2 is 2.30 bits per heavy atom. The van der Waals surface area contributed by atoms with Gasteiger partial charge in [0.1, 0.15) is 5.01 Å². The van der Waals surface area contributed by atoms with Crippen molar-refractivity contribution in [2.75, 3.05) is 13.1 Å². The van der Waals surface area contributed by atoms with Crippen LogP contribution in [0.15, 0.2) is 3.79 Å². The van der Waals surface area contributed by atoms with Gasteiger partial charge in [-0.3, -0.25) is 4.79 Å². The fraction of sp³-hybridized carbons (Fsp3) is 0.583. The van der Waals surface area contributed by atoms with Crippen molar-refractivity contribution < 1.29 is 14.7 Å². The molecule has 2 amide bonds. The summed E-state index contributed by atoms with van der Waals surface area (Å²) in [5.74, 6) is -0.854. The Morgan fingerprint density at radius 3 is 2.80 bits per heavy atom. The lowest BCUT2D eigenvalue weighted by molar-refractivity contribution is -0.146. The number of aryl methyl sites for hydroxylation is 1. The van der Waals surface area contributed by atoms with Crippen LogP contribution in [-0.2, 0) is 11.3 Å². The van der Waals surface area contributed by atoms with Gasteiger partial charge in [-0.1, -0.05) is 0 Å². The Morgan fingerprint density at radius 1 is 1.60 bits per heavy atom. The van der Waals surface area contributed by atoms with E-state index in [1.165, 1.54) is 11.3 Å². The lowest BCUT2D eigenvalue weighted by Crippen LogP contribution is -2.40. The molecule has 0 spiro atoms. The van der Waals surface area contributed by atoms with Crippen molar-refractivity contribution in [3.8, 4) is 0 Å². The van der Waals surface area contributed by atoms with Gasteiger partial charge in [-0.05, 0) is 36.2 Å². The van der Waals surface area contributed by atoms with Crippen molar-refractivity contribution >= 4 is 39.3 Å². The van der Waals surface area contributed by atoms with Gasteiger partial charge in [0.15, 0.2) is 0 Å². The number of aliphatic carboxylic acids is 1. The molecule has 6 nitrogen and oxygen atoms in total. The third-order valence-electron chi connectivity index (χ3n) is 3.45. The van der Waals surface area contributed by atoms with Gasteiger partial charge in [0.25, 0.3) is 0 Å².